The molecule has 0 fully saturated rings. The van der Waals surface area contributed by atoms with Gasteiger partial charge in [-0.05, 0) is 31.2 Å². The molecule has 0 bridgehead atoms. The summed E-state index contributed by atoms with van der Waals surface area (Å²) in [6.45, 7) is 2.41. The quantitative estimate of drug-likeness (QED) is 0.385. The topological polar surface area (TPSA) is 87.6 Å². The van der Waals surface area contributed by atoms with Gasteiger partial charge in [-0.3, -0.25) is 0 Å². The number of aromatic nitrogens is 2. The Hall–Kier alpha value is -2.70. The van der Waals surface area contributed by atoms with Crippen molar-refractivity contribution in [2.45, 2.75) is 6.92 Å². The van der Waals surface area contributed by atoms with Crippen LogP contribution in [0.15, 0.2) is 41.7 Å². The van der Waals surface area contributed by atoms with Crippen molar-refractivity contribution in [2.24, 2.45) is 10.9 Å². The molecule has 6 nitrogen and oxygen atoms in total. The standard InChI is InChI=1S/C13H14FN5O/c1-2-19(10-5-3-4-9(14)8-10)13-11(12(15)18-20)6-7-16-17-13/h3-8,20H,2H2,1H3,(H2,15,18). The number of halogens is 1. The molecule has 2 rings (SSSR count). The Morgan fingerprint density at radius 1 is 1.45 bits per heavy atom. The first-order valence-corrected chi connectivity index (χ1v) is 6.00. The molecule has 7 heteroatoms. The smallest absolute Gasteiger partial charge is 0.173 e. The van der Waals surface area contributed by atoms with Crippen molar-refractivity contribution >= 4 is 17.3 Å². The van der Waals surface area contributed by atoms with Crippen LogP contribution in [-0.4, -0.2) is 27.8 Å². The number of benzene rings is 1. The molecule has 0 aliphatic heterocycles. The van der Waals surface area contributed by atoms with Gasteiger partial charge in [-0.2, -0.15) is 5.10 Å². The summed E-state index contributed by atoms with van der Waals surface area (Å²) in [5, 5.41) is 19.6. The van der Waals surface area contributed by atoms with Crippen LogP contribution in [-0.2, 0) is 0 Å². The molecular weight excluding hydrogens is 261 g/mol. The van der Waals surface area contributed by atoms with Gasteiger partial charge >= 0.3 is 0 Å². The second kappa shape index (κ2) is 5.96. The second-order valence-corrected chi connectivity index (χ2v) is 3.98. The van der Waals surface area contributed by atoms with E-state index in [1.54, 1.807) is 23.1 Å². The van der Waals surface area contributed by atoms with E-state index in [1.165, 1.54) is 18.3 Å². The molecule has 2 aromatic rings. The van der Waals surface area contributed by atoms with Crippen LogP contribution in [0.3, 0.4) is 0 Å². The molecule has 3 N–H and O–H groups in total. The van der Waals surface area contributed by atoms with Gasteiger partial charge in [0.25, 0.3) is 0 Å². The monoisotopic (exact) mass is 275 g/mol. The Morgan fingerprint density at radius 3 is 2.90 bits per heavy atom. The van der Waals surface area contributed by atoms with E-state index in [0.29, 0.717) is 23.6 Å². The number of oxime groups is 1. The highest BCUT2D eigenvalue weighted by atomic mass is 19.1. The van der Waals surface area contributed by atoms with Crippen LogP contribution in [0, 0.1) is 5.82 Å². The van der Waals surface area contributed by atoms with Gasteiger partial charge in [0.2, 0.25) is 0 Å². The highest BCUT2D eigenvalue weighted by Gasteiger charge is 2.16. The number of nitrogens with two attached hydrogens (primary N) is 1. The lowest BCUT2D eigenvalue weighted by molar-refractivity contribution is 0.318. The summed E-state index contributed by atoms with van der Waals surface area (Å²) in [4.78, 5) is 1.73. The maximum atomic E-state index is 13.4. The maximum absolute atomic E-state index is 13.4. The Balaban J connectivity index is 2.53. The average Bonchev–Trinajstić information content (AvgIpc) is 2.48. The van der Waals surface area contributed by atoms with Crippen LogP contribution in [0.5, 0.6) is 0 Å². The zero-order chi connectivity index (χ0) is 14.5. The van der Waals surface area contributed by atoms with Crippen LogP contribution < -0.4 is 10.6 Å². The highest BCUT2D eigenvalue weighted by molar-refractivity contribution is 6.01. The molecule has 0 atom stereocenters. The molecule has 20 heavy (non-hydrogen) atoms. The summed E-state index contributed by atoms with van der Waals surface area (Å²) in [6.07, 6.45) is 1.44. The summed E-state index contributed by atoms with van der Waals surface area (Å²) in [5.74, 6) is -0.0316. The summed E-state index contributed by atoms with van der Waals surface area (Å²) < 4.78 is 13.4. The van der Waals surface area contributed by atoms with Crippen molar-refractivity contribution in [2.75, 3.05) is 11.4 Å². The summed E-state index contributed by atoms with van der Waals surface area (Å²) in [5.41, 5.74) is 6.66. The lowest BCUT2D eigenvalue weighted by Crippen LogP contribution is -2.24. The Labute approximate surface area is 115 Å². The van der Waals surface area contributed by atoms with Crippen LogP contribution in [0.25, 0.3) is 0 Å². The van der Waals surface area contributed by atoms with Crippen molar-refractivity contribution in [3.05, 3.63) is 47.9 Å². The molecule has 0 unspecified atom stereocenters. The zero-order valence-electron chi connectivity index (χ0n) is 10.9. The Bertz CT molecular complexity index is 632. The molecule has 0 amide bonds. The molecule has 104 valence electrons. The van der Waals surface area contributed by atoms with Crippen LogP contribution in [0.2, 0.25) is 0 Å². The van der Waals surface area contributed by atoms with Crippen LogP contribution in [0.4, 0.5) is 15.9 Å². The highest BCUT2D eigenvalue weighted by Crippen LogP contribution is 2.26. The van der Waals surface area contributed by atoms with Gasteiger partial charge in [-0.25, -0.2) is 4.39 Å². The van der Waals surface area contributed by atoms with Gasteiger partial charge in [0.15, 0.2) is 11.7 Å². The van der Waals surface area contributed by atoms with Crippen molar-refractivity contribution in [3.8, 4) is 0 Å². The van der Waals surface area contributed by atoms with Crippen molar-refractivity contribution in [3.63, 3.8) is 0 Å². The summed E-state index contributed by atoms with van der Waals surface area (Å²) >= 11 is 0. The fourth-order valence-corrected chi connectivity index (χ4v) is 1.88. The molecule has 0 aliphatic carbocycles. The number of hydrogen-bond donors (Lipinski definition) is 2. The summed E-state index contributed by atoms with van der Waals surface area (Å²) in [6, 6.07) is 7.68. The average molecular weight is 275 g/mol. The lowest BCUT2D eigenvalue weighted by atomic mass is 10.2. The van der Waals surface area contributed by atoms with E-state index in [4.69, 9.17) is 10.9 Å². The minimum Gasteiger partial charge on any atom is -0.409 e. The van der Waals surface area contributed by atoms with E-state index in [2.05, 4.69) is 15.4 Å². The van der Waals surface area contributed by atoms with E-state index in [-0.39, 0.29) is 11.7 Å². The molecular formula is C13H14FN5O. The van der Waals surface area contributed by atoms with E-state index in [1.807, 2.05) is 6.92 Å². The van der Waals surface area contributed by atoms with E-state index >= 15 is 0 Å². The number of rotatable bonds is 4. The number of hydrogen-bond acceptors (Lipinski definition) is 5. The van der Waals surface area contributed by atoms with Gasteiger partial charge in [-0.1, -0.05) is 11.2 Å². The molecule has 1 aromatic heterocycles. The van der Waals surface area contributed by atoms with E-state index in [9.17, 15) is 4.39 Å². The predicted octanol–water partition coefficient (Wildman–Crippen LogP) is 1.87. The number of amidine groups is 1. The first kappa shape index (κ1) is 13.7. The SMILES string of the molecule is CCN(c1cccc(F)c1)c1nnccc1/C(N)=N/O. The minimum absolute atomic E-state index is 0.0789. The third kappa shape index (κ3) is 2.66. The largest absolute Gasteiger partial charge is 0.409 e. The minimum atomic E-state index is -0.352. The van der Waals surface area contributed by atoms with E-state index in [0.717, 1.165) is 0 Å². The number of anilines is 2. The molecule has 0 aliphatic rings. The van der Waals surface area contributed by atoms with Crippen molar-refractivity contribution < 1.29 is 9.60 Å². The molecule has 0 spiro atoms. The van der Waals surface area contributed by atoms with Gasteiger partial charge in [0.05, 0.1) is 11.8 Å². The van der Waals surface area contributed by atoms with E-state index < -0.39 is 0 Å². The van der Waals surface area contributed by atoms with Crippen molar-refractivity contribution in [1.29, 1.82) is 0 Å². The van der Waals surface area contributed by atoms with Crippen LogP contribution >= 0.6 is 0 Å². The number of nitrogens with zero attached hydrogens (tertiary/aromatic N) is 4. The maximum Gasteiger partial charge on any atom is 0.173 e. The third-order valence-electron chi connectivity index (χ3n) is 2.78. The molecule has 0 saturated carbocycles. The third-order valence-corrected chi connectivity index (χ3v) is 2.78. The fraction of sp³-hybridized carbons (Fsp3) is 0.154. The van der Waals surface area contributed by atoms with Crippen molar-refractivity contribution in [1.82, 2.24) is 10.2 Å². The molecule has 1 heterocycles. The first-order valence-electron chi connectivity index (χ1n) is 6.00. The van der Waals surface area contributed by atoms with Gasteiger partial charge in [0, 0.05) is 12.2 Å². The molecule has 1 aromatic carbocycles. The Kier molecular flexibility index (Phi) is 4.09. The van der Waals surface area contributed by atoms with Gasteiger partial charge < -0.3 is 15.8 Å². The predicted molar refractivity (Wildman–Crippen MR) is 73.6 cm³/mol. The normalized spacial score (nSPS) is 11.4. The Morgan fingerprint density at radius 2 is 2.25 bits per heavy atom. The lowest BCUT2D eigenvalue weighted by Gasteiger charge is -2.23. The molecule has 0 saturated heterocycles. The van der Waals surface area contributed by atoms with Gasteiger partial charge in [0.1, 0.15) is 5.82 Å². The summed E-state index contributed by atoms with van der Waals surface area (Å²) in [7, 11) is 0. The second-order valence-electron chi connectivity index (χ2n) is 3.98. The first-order chi connectivity index (χ1) is 9.67. The molecule has 0 radical (unpaired) electrons. The van der Waals surface area contributed by atoms with Gasteiger partial charge in [-0.15, -0.1) is 5.10 Å². The fourth-order valence-electron chi connectivity index (χ4n) is 1.88. The van der Waals surface area contributed by atoms with Crippen LogP contribution in [0.1, 0.15) is 12.5 Å². The zero-order valence-corrected chi connectivity index (χ0v) is 10.9.